The van der Waals surface area contributed by atoms with Gasteiger partial charge in [-0.2, -0.15) is 4.98 Å². The first-order valence-corrected chi connectivity index (χ1v) is 8.29. The Balaban J connectivity index is 1.30. The van der Waals surface area contributed by atoms with Gasteiger partial charge < -0.3 is 19.2 Å². The van der Waals surface area contributed by atoms with Gasteiger partial charge in [-0.1, -0.05) is 6.07 Å². The molecule has 0 saturated carbocycles. The van der Waals surface area contributed by atoms with Gasteiger partial charge in [-0.3, -0.25) is 0 Å². The lowest BCUT2D eigenvalue weighted by Crippen LogP contribution is -1.99. The van der Waals surface area contributed by atoms with Crippen molar-refractivity contribution >= 4 is 16.9 Å². The van der Waals surface area contributed by atoms with E-state index in [9.17, 15) is 0 Å². The first-order chi connectivity index (χ1) is 12.8. The highest BCUT2D eigenvalue weighted by Crippen LogP contribution is 2.32. The van der Waals surface area contributed by atoms with Gasteiger partial charge in [0.2, 0.25) is 12.7 Å². The molecule has 5 rings (SSSR count). The summed E-state index contributed by atoms with van der Waals surface area (Å²) in [5.41, 5.74) is 4.36. The molecule has 0 fully saturated rings. The Morgan fingerprint density at radius 3 is 2.73 bits per heavy atom. The van der Waals surface area contributed by atoms with Crippen LogP contribution in [0.2, 0.25) is 0 Å². The van der Waals surface area contributed by atoms with Gasteiger partial charge in [0.05, 0.1) is 0 Å². The summed E-state index contributed by atoms with van der Waals surface area (Å²) in [5, 5.41) is 3.40. The lowest BCUT2D eigenvalue weighted by atomic mass is 10.1. The fourth-order valence-corrected chi connectivity index (χ4v) is 2.88. The molecule has 0 amide bonds. The Hall–Kier alpha value is -3.54. The first kappa shape index (κ1) is 14.8. The maximum Gasteiger partial charge on any atom is 0.231 e. The number of hydrogen-bond acceptors (Lipinski definition) is 6. The van der Waals surface area contributed by atoms with E-state index in [1.165, 1.54) is 0 Å². The molecule has 3 heterocycles. The van der Waals surface area contributed by atoms with Crippen molar-refractivity contribution in [3.8, 4) is 23.0 Å². The summed E-state index contributed by atoms with van der Waals surface area (Å²) in [6.45, 7) is 0.988. The number of aromatic nitrogens is 2. The third-order valence-corrected chi connectivity index (χ3v) is 4.23. The summed E-state index contributed by atoms with van der Waals surface area (Å²) in [6, 6.07) is 17.6. The molecule has 2 aromatic carbocycles. The molecule has 0 bridgehead atoms. The maximum atomic E-state index is 5.75. The molecule has 6 nitrogen and oxygen atoms in total. The Kier molecular flexibility index (Phi) is 3.45. The van der Waals surface area contributed by atoms with Crippen molar-refractivity contribution in [3.63, 3.8) is 0 Å². The normalized spacial score (nSPS) is 12.5. The predicted molar refractivity (Wildman–Crippen MR) is 97.1 cm³/mol. The van der Waals surface area contributed by atoms with Crippen LogP contribution >= 0.6 is 0 Å². The molecular formula is C20H15N3O3. The van der Waals surface area contributed by atoms with Crippen LogP contribution in [0.15, 0.2) is 65.2 Å². The van der Waals surface area contributed by atoms with Gasteiger partial charge in [0.25, 0.3) is 0 Å². The first-order valence-electron chi connectivity index (χ1n) is 8.29. The van der Waals surface area contributed by atoms with Crippen molar-refractivity contribution in [2.75, 3.05) is 12.1 Å². The third-order valence-electron chi connectivity index (χ3n) is 4.23. The molecule has 1 N–H and O–H groups in total. The highest BCUT2D eigenvalue weighted by Gasteiger charge is 2.13. The van der Waals surface area contributed by atoms with Crippen molar-refractivity contribution in [2.45, 2.75) is 6.54 Å². The number of fused-ring (bicyclic) bond motifs is 2. The number of rotatable bonds is 4. The minimum absolute atomic E-state index is 0.291. The molecule has 0 atom stereocenters. The van der Waals surface area contributed by atoms with E-state index in [1.54, 1.807) is 6.20 Å². The number of ether oxygens (including phenoxy) is 2. The van der Waals surface area contributed by atoms with Gasteiger partial charge in [0, 0.05) is 24.0 Å². The number of nitrogens with zero attached hydrogens (tertiary/aromatic N) is 2. The molecule has 0 radical (unpaired) electrons. The van der Waals surface area contributed by atoms with Crippen LogP contribution in [-0.2, 0) is 6.54 Å². The zero-order valence-electron chi connectivity index (χ0n) is 13.8. The minimum atomic E-state index is 0.291. The van der Waals surface area contributed by atoms with E-state index in [4.69, 9.17) is 13.9 Å². The number of oxazole rings is 1. The molecule has 2 aromatic heterocycles. The van der Waals surface area contributed by atoms with E-state index in [2.05, 4.69) is 15.3 Å². The van der Waals surface area contributed by atoms with Crippen LogP contribution in [0, 0.1) is 0 Å². The zero-order valence-corrected chi connectivity index (χ0v) is 13.8. The molecule has 1 aliphatic heterocycles. The number of hydrogen-bond donors (Lipinski definition) is 1. The summed E-state index contributed by atoms with van der Waals surface area (Å²) in [5.74, 6) is 2.16. The van der Waals surface area contributed by atoms with Crippen molar-refractivity contribution in [1.82, 2.24) is 9.97 Å². The van der Waals surface area contributed by atoms with E-state index in [0.717, 1.165) is 28.3 Å². The smallest absolute Gasteiger partial charge is 0.231 e. The van der Waals surface area contributed by atoms with Gasteiger partial charge >= 0.3 is 0 Å². The highest BCUT2D eigenvalue weighted by molar-refractivity contribution is 5.72. The zero-order chi connectivity index (χ0) is 17.3. The summed E-state index contributed by atoms with van der Waals surface area (Å²) < 4.78 is 16.5. The van der Waals surface area contributed by atoms with Gasteiger partial charge in [0.1, 0.15) is 0 Å². The second kappa shape index (κ2) is 6.07. The summed E-state index contributed by atoms with van der Waals surface area (Å²) in [4.78, 5) is 8.61. The average molecular weight is 345 g/mol. The lowest BCUT2D eigenvalue weighted by molar-refractivity contribution is 0.174. The minimum Gasteiger partial charge on any atom is -0.454 e. The maximum absolute atomic E-state index is 5.75. The van der Waals surface area contributed by atoms with Crippen LogP contribution in [0.3, 0.4) is 0 Å². The molecule has 0 aliphatic carbocycles. The quantitative estimate of drug-likeness (QED) is 0.597. The Morgan fingerprint density at radius 2 is 1.85 bits per heavy atom. The highest BCUT2D eigenvalue weighted by atomic mass is 16.7. The molecule has 26 heavy (non-hydrogen) atoms. The van der Waals surface area contributed by atoms with Crippen LogP contribution in [0.5, 0.6) is 11.5 Å². The Morgan fingerprint density at radius 1 is 0.962 bits per heavy atom. The van der Waals surface area contributed by atoms with E-state index in [1.807, 2.05) is 54.6 Å². The van der Waals surface area contributed by atoms with Crippen LogP contribution in [0.4, 0.5) is 5.69 Å². The largest absolute Gasteiger partial charge is 0.454 e. The molecule has 128 valence electrons. The van der Waals surface area contributed by atoms with Gasteiger partial charge in [-0.25, -0.2) is 4.98 Å². The van der Waals surface area contributed by atoms with Gasteiger partial charge in [-0.05, 0) is 54.1 Å². The van der Waals surface area contributed by atoms with E-state index < -0.39 is 0 Å². The van der Waals surface area contributed by atoms with Gasteiger partial charge in [0.15, 0.2) is 22.7 Å². The molecule has 4 aromatic rings. The molecule has 0 spiro atoms. The van der Waals surface area contributed by atoms with Crippen LogP contribution in [0.1, 0.15) is 5.56 Å². The molecular weight excluding hydrogens is 330 g/mol. The van der Waals surface area contributed by atoms with E-state index >= 15 is 0 Å². The number of pyridine rings is 1. The SMILES string of the molecule is c1cnc2nc(-c3ccc(NCc4ccc5c(c4)OCO5)cc3)oc2c1. The molecule has 0 saturated heterocycles. The Labute approximate surface area is 149 Å². The van der Waals surface area contributed by atoms with Crippen molar-refractivity contribution < 1.29 is 13.9 Å². The van der Waals surface area contributed by atoms with Gasteiger partial charge in [-0.15, -0.1) is 0 Å². The van der Waals surface area contributed by atoms with Crippen LogP contribution in [-0.4, -0.2) is 16.8 Å². The van der Waals surface area contributed by atoms with Crippen LogP contribution in [0.25, 0.3) is 22.7 Å². The summed E-state index contributed by atoms with van der Waals surface area (Å²) >= 11 is 0. The topological polar surface area (TPSA) is 69.4 Å². The standard InChI is InChI=1S/C20H15N3O3/c1-2-17-19(21-9-1)23-20(26-17)14-4-6-15(7-5-14)22-11-13-3-8-16-18(10-13)25-12-24-16/h1-10,22H,11-12H2. The second-order valence-corrected chi connectivity index (χ2v) is 5.96. The van der Waals surface area contributed by atoms with E-state index in [-0.39, 0.29) is 0 Å². The molecule has 6 heteroatoms. The van der Waals surface area contributed by atoms with Crippen molar-refractivity contribution in [1.29, 1.82) is 0 Å². The average Bonchev–Trinajstić information content (AvgIpc) is 3.33. The molecule has 0 unspecified atom stereocenters. The fraction of sp³-hybridized carbons (Fsp3) is 0.100. The third kappa shape index (κ3) is 2.71. The number of benzene rings is 2. The lowest BCUT2D eigenvalue weighted by Gasteiger charge is -2.07. The summed E-state index contributed by atoms with van der Waals surface area (Å²) in [6.07, 6.45) is 1.71. The van der Waals surface area contributed by atoms with Crippen LogP contribution < -0.4 is 14.8 Å². The fourth-order valence-electron chi connectivity index (χ4n) is 2.88. The molecule has 1 aliphatic rings. The van der Waals surface area contributed by atoms with E-state index in [0.29, 0.717) is 30.5 Å². The Bertz CT molecular complexity index is 1040. The number of nitrogens with one attached hydrogen (secondary N) is 1. The predicted octanol–water partition coefficient (Wildman–Crippen LogP) is 4.23. The van der Waals surface area contributed by atoms with Crippen molar-refractivity contribution in [2.24, 2.45) is 0 Å². The van der Waals surface area contributed by atoms with Crippen molar-refractivity contribution in [3.05, 3.63) is 66.4 Å². The second-order valence-electron chi connectivity index (χ2n) is 5.96. The monoisotopic (exact) mass is 345 g/mol. The number of anilines is 1. The summed E-state index contributed by atoms with van der Waals surface area (Å²) in [7, 11) is 0.